The van der Waals surface area contributed by atoms with Gasteiger partial charge in [-0.3, -0.25) is 0 Å². The molecule has 218 valence electrons. The molecule has 4 aromatic carbocycles. The number of benzene rings is 4. The quantitative estimate of drug-likeness (QED) is 0.159. The predicted molar refractivity (Wildman–Crippen MR) is 144 cm³/mol. The van der Waals surface area contributed by atoms with Crippen molar-refractivity contribution in [2.75, 3.05) is 0 Å². The Bertz CT molecular complexity index is 1610. The van der Waals surface area contributed by atoms with E-state index in [-0.39, 0.29) is 58.1 Å². The van der Waals surface area contributed by atoms with Crippen molar-refractivity contribution in [1.82, 2.24) is 0 Å². The van der Waals surface area contributed by atoms with E-state index in [1.165, 1.54) is 36.4 Å². The van der Waals surface area contributed by atoms with Gasteiger partial charge in [0.25, 0.3) is 0 Å². The molecule has 0 saturated heterocycles. The summed E-state index contributed by atoms with van der Waals surface area (Å²) in [6, 6.07) is 10.1. The third-order valence-corrected chi connectivity index (χ3v) is 7.63. The van der Waals surface area contributed by atoms with E-state index in [0.717, 1.165) is 12.1 Å². The molecule has 12 heteroatoms. The highest BCUT2D eigenvalue weighted by atomic mass is 16.5. The first kappa shape index (κ1) is 27.0. The molecular weight excluding hydrogens is 552 g/mol. The summed E-state index contributed by atoms with van der Waals surface area (Å²) in [6.07, 6.45) is -4.82. The minimum absolute atomic E-state index is 0.00676. The van der Waals surface area contributed by atoms with Crippen molar-refractivity contribution in [2.45, 2.75) is 37.3 Å². The van der Waals surface area contributed by atoms with Crippen molar-refractivity contribution in [1.29, 1.82) is 0 Å². The molecule has 4 unspecified atom stereocenters. The van der Waals surface area contributed by atoms with Crippen LogP contribution in [0.15, 0.2) is 48.5 Å². The van der Waals surface area contributed by atoms with Gasteiger partial charge in [0.2, 0.25) is 0 Å². The highest BCUT2D eigenvalue weighted by Gasteiger charge is 2.38. The Kier molecular flexibility index (Phi) is 6.24. The van der Waals surface area contributed by atoms with Crippen molar-refractivity contribution in [2.24, 2.45) is 0 Å². The Hall–Kier alpha value is -5.20. The zero-order chi connectivity index (χ0) is 30.0. The molecular formula is C30H26O12. The van der Waals surface area contributed by atoms with E-state index in [9.17, 15) is 51.1 Å². The van der Waals surface area contributed by atoms with Gasteiger partial charge >= 0.3 is 0 Å². The number of hydrogen-bond acceptors (Lipinski definition) is 12. The molecule has 10 N–H and O–H groups in total. The molecule has 0 radical (unpaired) electrons. The van der Waals surface area contributed by atoms with Gasteiger partial charge in [-0.15, -0.1) is 0 Å². The molecule has 0 aromatic heterocycles. The highest BCUT2D eigenvalue weighted by molar-refractivity contribution is 5.88. The summed E-state index contributed by atoms with van der Waals surface area (Å²) in [5.41, 5.74) is 0.127. The molecule has 4 aromatic rings. The number of fused-ring (bicyclic) bond motifs is 2. The highest BCUT2D eigenvalue weighted by Crippen LogP contribution is 2.56. The number of aliphatic hydroxyl groups is 2. The van der Waals surface area contributed by atoms with Gasteiger partial charge in [0.1, 0.15) is 46.7 Å². The molecule has 12 nitrogen and oxygen atoms in total. The normalized spacial score (nSPS) is 21.1. The number of aromatic hydroxyl groups is 8. The van der Waals surface area contributed by atoms with Crippen LogP contribution in [0.25, 0.3) is 11.1 Å². The van der Waals surface area contributed by atoms with E-state index in [2.05, 4.69) is 0 Å². The Labute approximate surface area is 237 Å². The molecule has 2 heterocycles. The van der Waals surface area contributed by atoms with Crippen molar-refractivity contribution in [3.63, 3.8) is 0 Å². The van der Waals surface area contributed by atoms with E-state index in [0.29, 0.717) is 11.1 Å². The van der Waals surface area contributed by atoms with Gasteiger partial charge in [-0.1, -0.05) is 12.1 Å². The van der Waals surface area contributed by atoms with E-state index < -0.39 is 58.9 Å². The Morgan fingerprint density at radius 3 is 1.21 bits per heavy atom. The largest absolute Gasteiger partial charge is 0.507 e. The smallest absolute Gasteiger partial charge is 0.157 e. The molecule has 0 bridgehead atoms. The van der Waals surface area contributed by atoms with Crippen LogP contribution in [0, 0.1) is 0 Å². The lowest BCUT2D eigenvalue weighted by atomic mass is 9.88. The Morgan fingerprint density at radius 1 is 0.476 bits per heavy atom. The summed E-state index contributed by atoms with van der Waals surface area (Å²) < 4.78 is 11.7. The average molecular weight is 579 g/mol. The topological polar surface area (TPSA) is 221 Å². The third kappa shape index (κ3) is 4.24. The second kappa shape index (κ2) is 9.72. The van der Waals surface area contributed by atoms with E-state index in [4.69, 9.17) is 9.47 Å². The van der Waals surface area contributed by atoms with E-state index in [1.807, 2.05) is 0 Å². The maximum Gasteiger partial charge on any atom is 0.157 e. The number of phenols is 8. The van der Waals surface area contributed by atoms with Crippen molar-refractivity contribution in [3.8, 4) is 68.6 Å². The summed E-state index contributed by atoms with van der Waals surface area (Å²) in [5.74, 6) is -3.84. The van der Waals surface area contributed by atoms with Crippen LogP contribution in [0.3, 0.4) is 0 Å². The molecule has 2 aliphatic heterocycles. The summed E-state index contributed by atoms with van der Waals surface area (Å²) in [4.78, 5) is 0. The SMILES string of the molecule is Oc1ccc(C2Oc3cc(O)c(-c4c(O)cc5c(c4O)CC(O)C(c4ccc(O)c(O)c4)O5)c(O)c3CC2O)cc1O. The number of rotatable bonds is 3. The summed E-state index contributed by atoms with van der Waals surface area (Å²) >= 11 is 0. The second-order valence-corrected chi connectivity index (χ2v) is 10.3. The van der Waals surface area contributed by atoms with Gasteiger partial charge in [0.05, 0.1) is 23.3 Å². The van der Waals surface area contributed by atoms with Crippen LogP contribution >= 0.6 is 0 Å². The average Bonchev–Trinajstić information content (AvgIpc) is 2.94. The summed E-state index contributed by atoms with van der Waals surface area (Å²) in [7, 11) is 0. The van der Waals surface area contributed by atoms with Gasteiger partial charge in [-0.25, -0.2) is 0 Å². The van der Waals surface area contributed by atoms with Crippen LogP contribution in [0.5, 0.6) is 57.5 Å². The fourth-order valence-electron chi connectivity index (χ4n) is 5.52. The van der Waals surface area contributed by atoms with E-state index >= 15 is 0 Å². The van der Waals surface area contributed by atoms with Gasteiger partial charge in [-0.05, 0) is 35.4 Å². The number of phenolic OH excluding ortho intramolecular Hbond substituents is 8. The summed E-state index contributed by atoms with van der Waals surface area (Å²) in [6.45, 7) is 0. The van der Waals surface area contributed by atoms with Gasteiger partial charge in [0, 0.05) is 36.1 Å². The Balaban J connectivity index is 1.38. The lowest BCUT2D eigenvalue weighted by Gasteiger charge is -2.33. The number of hydrogen-bond donors (Lipinski definition) is 10. The maximum absolute atomic E-state index is 11.2. The molecule has 0 amide bonds. The monoisotopic (exact) mass is 578 g/mol. The first-order valence-corrected chi connectivity index (χ1v) is 12.8. The zero-order valence-corrected chi connectivity index (χ0v) is 21.6. The van der Waals surface area contributed by atoms with Crippen LogP contribution in [0.4, 0.5) is 0 Å². The molecule has 42 heavy (non-hydrogen) atoms. The van der Waals surface area contributed by atoms with Crippen LogP contribution in [-0.2, 0) is 12.8 Å². The molecule has 6 rings (SSSR count). The van der Waals surface area contributed by atoms with Gasteiger partial charge in [-0.2, -0.15) is 0 Å². The third-order valence-electron chi connectivity index (χ3n) is 7.63. The molecule has 2 aliphatic rings. The van der Waals surface area contributed by atoms with Crippen LogP contribution < -0.4 is 9.47 Å². The minimum atomic E-state index is -1.23. The number of aliphatic hydroxyl groups excluding tert-OH is 2. The van der Waals surface area contributed by atoms with Crippen molar-refractivity contribution < 1.29 is 60.5 Å². The molecule has 0 aliphatic carbocycles. The first-order chi connectivity index (χ1) is 19.9. The lowest BCUT2D eigenvalue weighted by molar-refractivity contribution is 0.0195. The summed E-state index contributed by atoms with van der Waals surface area (Å²) in [5, 5.41) is 105. The maximum atomic E-state index is 11.2. The fourth-order valence-corrected chi connectivity index (χ4v) is 5.52. The van der Waals surface area contributed by atoms with Crippen LogP contribution in [0.1, 0.15) is 34.5 Å². The zero-order valence-electron chi connectivity index (χ0n) is 21.6. The van der Waals surface area contributed by atoms with E-state index in [1.54, 1.807) is 0 Å². The molecule has 4 atom stereocenters. The van der Waals surface area contributed by atoms with Gasteiger partial charge in [0.15, 0.2) is 23.0 Å². The minimum Gasteiger partial charge on any atom is -0.507 e. The second-order valence-electron chi connectivity index (χ2n) is 10.3. The molecule has 0 fully saturated rings. The van der Waals surface area contributed by atoms with Crippen molar-refractivity contribution in [3.05, 3.63) is 70.8 Å². The first-order valence-electron chi connectivity index (χ1n) is 12.8. The number of ether oxygens (including phenoxy) is 2. The van der Waals surface area contributed by atoms with Crippen LogP contribution in [-0.4, -0.2) is 63.3 Å². The molecule has 0 saturated carbocycles. The fraction of sp³-hybridized carbons (Fsp3) is 0.200. The molecule has 0 spiro atoms. The van der Waals surface area contributed by atoms with Crippen molar-refractivity contribution >= 4 is 0 Å². The Morgan fingerprint density at radius 2 is 0.857 bits per heavy atom. The van der Waals surface area contributed by atoms with Crippen LogP contribution in [0.2, 0.25) is 0 Å². The predicted octanol–water partition coefficient (Wildman–Crippen LogP) is 3.07. The lowest BCUT2D eigenvalue weighted by Crippen LogP contribution is -2.30. The van der Waals surface area contributed by atoms with Gasteiger partial charge < -0.3 is 60.5 Å². The standard InChI is InChI=1S/C30H26O12/c31-15-3-1-11(5-17(15)33)29-21(37)7-13-23(41-29)9-19(35)25(27(13)39)26-20(36)10-24-14(28(26)40)8-22(38)30(42-24)12-2-4-16(32)18(34)6-12/h1-6,9-10,21-22,29-40H,7-8H2.